The molecule has 0 atom stereocenters. The number of ether oxygens (including phenoxy) is 2. The molecule has 0 saturated carbocycles. The molecule has 0 aliphatic rings. The third-order valence-corrected chi connectivity index (χ3v) is 3.31. The van der Waals surface area contributed by atoms with Crippen molar-refractivity contribution in [1.82, 2.24) is 0 Å². The summed E-state index contributed by atoms with van der Waals surface area (Å²) >= 11 is 3.33. The van der Waals surface area contributed by atoms with E-state index in [0.29, 0.717) is 22.3 Å². The largest absolute Gasteiger partial charge is 0.497 e. The molecule has 0 saturated heterocycles. The number of methoxy groups -OCH3 is 1. The van der Waals surface area contributed by atoms with Crippen LogP contribution in [0.1, 0.15) is 10.4 Å². The van der Waals surface area contributed by atoms with Crippen LogP contribution in [0, 0.1) is 10.1 Å². The second kappa shape index (κ2) is 6.36. The Morgan fingerprint density at radius 2 is 1.90 bits per heavy atom. The maximum Gasteiger partial charge on any atom is 0.283 e. The maximum absolute atomic E-state index is 10.9. The van der Waals surface area contributed by atoms with E-state index in [1.807, 2.05) is 0 Å². The molecule has 0 unspecified atom stereocenters. The first-order chi connectivity index (χ1) is 10.0. The molecule has 21 heavy (non-hydrogen) atoms. The van der Waals surface area contributed by atoms with Crippen LogP contribution in [-0.4, -0.2) is 18.3 Å². The number of hydrogen-bond acceptors (Lipinski definition) is 5. The smallest absolute Gasteiger partial charge is 0.283 e. The second-order valence-electron chi connectivity index (χ2n) is 3.99. The predicted molar refractivity (Wildman–Crippen MR) is 79.3 cm³/mol. The van der Waals surface area contributed by atoms with Crippen LogP contribution in [0.4, 0.5) is 5.69 Å². The summed E-state index contributed by atoms with van der Waals surface area (Å²) in [5.41, 5.74) is -0.298. The van der Waals surface area contributed by atoms with E-state index in [9.17, 15) is 14.9 Å². The molecule has 108 valence electrons. The summed E-state index contributed by atoms with van der Waals surface area (Å²) in [5, 5.41) is 10.9. The summed E-state index contributed by atoms with van der Waals surface area (Å²) in [5.74, 6) is 1.39. The van der Waals surface area contributed by atoms with E-state index in [4.69, 9.17) is 9.47 Å². The van der Waals surface area contributed by atoms with Crippen molar-refractivity contribution in [2.75, 3.05) is 7.11 Å². The summed E-state index contributed by atoms with van der Waals surface area (Å²) in [6.07, 6.45) is 0.436. The first-order valence-corrected chi connectivity index (χ1v) is 6.59. The van der Waals surface area contributed by atoms with E-state index < -0.39 is 4.92 Å². The minimum atomic E-state index is -0.625. The topological polar surface area (TPSA) is 78.7 Å². The zero-order valence-corrected chi connectivity index (χ0v) is 12.5. The molecule has 0 aliphatic heterocycles. The Kier molecular flexibility index (Phi) is 4.54. The number of carbonyl (C=O) groups is 1. The lowest BCUT2D eigenvalue weighted by Crippen LogP contribution is -1.95. The van der Waals surface area contributed by atoms with Gasteiger partial charge >= 0.3 is 0 Å². The Balaban J connectivity index is 2.33. The molecular weight excluding hydrogens is 342 g/mol. The van der Waals surface area contributed by atoms with Gasteiger partial charge in [0.1, 0.15) is 17.2 Å². The van der Waals surface area contributed by atoms with Crippen LogP contribution < -0.4 is 9.47 Å². The second-order valence-corrected chi connectivity index (χ2v) is 4.85. The van der Waals surface area contributed by atoms with Crippen molar-refractivity contribution >= 4 is 27.9 Å². The van der Waals surface area contributed by atoms with Crippen LogP contribution in [-0.2, 0) is 0 Å². The number of benzene rings is 2. The van der Waals surface area contributed by atoms with E-state index in [1.54, 1.807) is 25.3 Å². The zero-order chi connectivity index (χ0) is 15.4. The Hall–Kier alpha value is -2.41. The van der Waals surface area contributed by atoms with Crippen molar-refractivity contribution in [3.8, 4) is 17.2 Å². The van der Waals surface area contributed by atoms with Gasteiger partial charge in [0.05, 0.1) is 28.1 Å². The SMILES string of the molecule is COc1ccc(Oc2ccc(C=O)c([N+](=O)[O-])c2)c(Br)c1. The van der Waals surface area contributed by atoms with Crippen LogP contribution in [0.2, 0.25) is 0 Å². The van der Waals surface area contributed by atoms with Gasteiger partial charge in [-0.25, -0.2) is 0 Å². The number of nitro benzene ring substituents is 1. The Labute approximate surface area is 128 Å². The third-order valence-electron chi connectivity index (χ3n) is 2.69. The van der Waals surface area contributed by atoms with E-state index in [1.165, 1.54) is 18.2 Å². The fraction of sp³-hybridized carbons (Fsp3) is 0.0714. The standard InChI is InChI=1S/C14H10BrNO5/c1-20-10-4-5-14(12(15)6-10)21-11-3-2-9(8-17)13(7-11)16(18)19/h2-8H,1H3. The van der Waals surface area contributed by atoms with Gasteiger partial charge in [-0.2, -0.15) is 0 Å². The van der Waals surface area contributed by atoms with Gasteiger partial charge in [-0.15, -0.1) is 0 Å². The molecule has 2 rings (SSSR count). The summed E-state index contributed by atoms with van der Waals surface area (Å²) in [6, 6.07) is 9.13. The summed E-state index contributed by atoms with van der Waals surface area (Å²) in [7, 11) is 1.55. The Morgan fingerprint density at radius 1 is 1.19 bits per heavy atom. The van der Waals surface area contributed by atoms with E-state index in [0.717, 1.165) is 0 Å². The molecule has 2 aromatic carbocycles. The van der Waals surface area contributed by atoms with Crippen LogP contribution in [0.3, 0.4) is 0 Å². The van der Waals surface area contributed by atoms with Gasteiger partial charge in [0, 0.05) is 0 Å². The quantitative estimate of drug-likeness (QED) is 0.462. The number of nitrogens with zero attached hydrogens (tertiary/aromatic N) is 1. The highest BCUT2D eigenvalue weighted by molar-refractivity contribution is 9.10. The molecule has 6 nitrogen and oxygen atoms in total. The van der Waals surface area contributed by atoms with Crippen molar-refractivity contribution in [1.29, 1.82) is 0 Å². The molecule has 0 N–H and O–H groups in total. The molecule has 2 aromatic rings. The minimum absolute atomic E-state index is 0.00106. The summed E-state index contributed by atoms with van der Waals surface area (Å²) in [4.78, 5) is 21.0. The lowest BCUT2D eigenvalue weighted by Gasteiger charge is -2.09. The fourth-order valence-corrected chi connectivity index (χ4v) is 2.10. The highest BCUT2D eigenvalue weighted by Gasteiger charge is 2.15. The molecule has 0 heterocycles. The number of carbonyl (C=O) groups excluding carboxylic acids is 1. The minimum Gasteiger partial charge on any atom is -0.497 e. The normalized spacial score (nSPS) is 10.0. The van der Waals surface area contributed by atoms with Crippen LogP contribution in [0.25, 0.3) is 0 Å². The van der Waals surface area contributed by atoms with Crippen LogP contribution >= 0.6 is 15.9 Å². The number of nitro groups is 1. The summed E-state index contributed by atoms with van der Waals surface area (Å²) in [6.45, 7) is 0. The van der Waals surface area contributed by atoms with Gasteiger partial charge in [0.2, 0.25) is 0 Å². The van der Waals surface area contributed by atoms with Crippen molar-refractivity contribution in [2.45, 2.75) is 0 Å². The molecule has 0 aromatic heterocycles. The highest BCUT2D eigenvalue weighted by Crippen LogP contribution is 2.34. The Bertz CT molecular complexity index is 702. The Morgan fingerprint density at radius 3 is 2.48 bits per heavy atom. The molecular formula is C14H10BrNO5. The predicted octanol–water partition coefficient (Wildman–Crippen LogP) is 3.97. The van der Waals surface area contributed by atoms with Crippen LogP contribution in [0.15, 0.2) is 40.9 Å². The van der Waals surface area contributed by atoms with Gasteiger partial charge < -0.3 is 9.47 Å². The first kappa shape index (κ1) is 15.0. The molecule has 0 radical (unpaired) electrons. The third kappa shape index (κ3) is 3.38. The zero-order valence-electron chi connectivity index (χ0n) is 10.9. The fourth-order valence-electron chi connectivity index (χ4n) is 1.66. The van der Waals surface area contributed by atoms with Gasteiger partial charge in [-0.1, -0.05) is 0 Å². The molecule has 0 fully saturated rings. The van der Waals surface area contributed by atoms with Crippen molar-refractivity contribution in [3.05, 3.63) is 56.5 Å². The number of hydrogen-bond donors (Lipinski definition) is 0. The van der Waals surface area contributed by atoms with E-state index >= 15 is 0 Å². The van der Waals surface area contributed by atoms with Gasteiger partial charge in [0.25, 0.3) is 5.69 Å². The average molecular weight is 352 g/mol. The number of aldehydes is 1. The molecule has 0 spiro atoms. The summed E-state index contributed by atoms with van der Waals surface area (Å²) < 4.78 is 11.3. The molecule has 7 heteroatoms. The van der Waals surface area contributed by atoms with Crippen molar-refractivity contribution in [2.24, 2.45) is 0 Å². The molecule has 0 aliphatic carbocycles. The maximum atomic E-state index is 10.9. The van der Waals surface area contributed by atoms with Gasteiger partial charge in [-0.3, -0.25) is 14.9 Å². The van der Waals surface area contributed by atoms with Crippen molar-refractivity contribution in [3.63, 3.8) is 0 Å². The van der Waals surface area contributed by atoms with E-state index in [2.05, 4.69) is 15.9 Å². The van der Waals surface area contributed by atoms with Crippen molar-refractivity contribution < 1.29 is 19.2 Å². The van der Waals surface area contributed by atoms with E-state index in [-0.39, 0.29) is 17.0 Å². The van der Waals surface area contributed by atoms with Crippen LogP contribution in [0.5, 0.6) is 17.2 Å². The molecule has 0 bridgehead atoms. The van der Waals surface area contributed by atoms with Gasteiger partial charge in [-0.05, 0) is 46.3 Å². The molecule has 0 amide bonds. The monoisotopic (exact) mass is 351 g/mol. The average Bonchev–Trinajstić information content (AvgIpc) is 2.49. The number of rotatable bonds is 5. The number of halogens is 1. The first-order valence-electron chi connectivity index (χ1n) is 5.80. The van der Waals surface area contributed by atoms with Gasteiger partial charge in [0.15, 0.2) is 6.29 Å². The highest BCUT2D eigenvalue weighted by atomic mass is 79.9. The lowest BCUT2D eigenvalue weighted by atomic mass is 10.2. The lowest BCUT2D eigenvalue weighted by molar-refractivity contribution is -0.385.